The number of benzene rings is 1. The van der Waals surface area contributed by atoms with Gasteiger partial charge in [0.2, 0.25) is 0 Å². The molecular formula is C15H23N. The molecule has 0 aromatic heterocycles. The molecule has 1 nitrogen and oxygen atoms in total. The van der Waals surface area contributed by atoms with Crippen LogP contribution in [-0.2, 0) is 5.54 Å². The Morgan fingerprint density at radius 2 is 1.75 bits per heavy atom. The zero-order chi connectivity index (χ0) is 11.8. The number of rotatable bonds is 1. The first kappa shape index (κ1) is 11.7. The number of aryl methyl sites for hydroxylation is 2. The molecule has 1 aliphatic carbocycles. The lowest BCUT2D eigenvalue weighted by Crippen LogP contribution is -2.40. The van der Waals surface area contributed by atoms with E-state index >= 15 is 0 Å². The molecule has 2 N–H and O–H groups in total. The van der Waals surface area contributed by atoms with Crippen LogP contribution in [0.25, 0.3) is 0 Å². The maximum Gasteiger partial charge on any atom is 0.0409 e. The second-order valence-electron chi connectivity index (χ2n) is 5.64. The summed E-state index contributed by atoms with van der Waals surface area (Å²) in [6, 6.07) is 6.71. The molecule has 0 aliphatic heterocycles. The van der Waals surface area contributed by atoms with Crippen LogP contribution in [0.15, 0.2) is 18.2 Å². The number of hydrogen-bond acceptors (Lipinski definition) is 1. The van der Waals surface area contributed by atoms with Gasteiger partial charge in [0, 0.05) is 5.54 Å². The van der Waals surface area contributed by atoms with Crippen molar-refractivity contribution in [3.8, 4) is 0 Å². The van der Waals surface area contributed by atoms with E-state index < -0.39 is 0 Å². The summed E-state index contributed by atoms with van der Waals surface area (Å²) in [5.74, 6) is 0.850. The zero-order valence-electron chi connectivity index (χ0n) is 10.7. The Morgan fingerprint density at radius 1 is 1.12 bits per heavy atom. The molecule has 0 radical (unpaired) electrons. The molecule has 1 heteroatoms. The van der Waals surface area contributed by atoms with Gasteiger partial charge in [0.05, 0.1) is 0 Å². The Bertz CT molecular complexity index is 373. The van der Waals surface area contributed by atoms with Gasteiger partial charge in [-0.3, -0.25) is 0 Å². The van der Waals surface area contributed by atoms with Gasteiger partial charge in [0.1, 0.15) is 0 Å². The minimum absolute atomic E-state index is 0.0645. The van der Waals surface area contributed by atoms with Gasteiger partial charge in [0.25, 0.3) is 0 Å². The first-order valence-corrected chi connectivity index (χ1v) is 6.38. The quantitative estimate of drug-likeness (QED) is 0.763. The highest BCUT2D eigenvalue weighted by Gasteiger charge is 2.31. The van der Waals surface area contributed by atoms with E-state index in [4.69, 9.17) is 5.73 Å². The Balaban J connectivity index is 2.25. The maximum absolute atomic E-state index is 6.56. The molecular weight excluding hydrogens is 194 g/mol. The molecule has 1 aromatic rings. The topological polar surface area (TPSA) is 26.0 Å². The van der Waals surface area contributed by atoms with Crippen LogP contribution in [0.5, 0.6) is 0 Å². The molecule has 0 saturated heterocycles. The Morgan fingerprint density at radius 3 is 2.31 bits per heavy atom. The van der Waals surface area contributed by atoms with Crippen LogP contribution < -0.4 is 5.73 Å². The van der Waals surface area contributed by atoms with Crippen LogP contribution >= 0.6 is 0 Å². The van der Waals surface area contributed by atoms with Crippen molar-refractivity contribution in [2.75, 3.05) is 0 Å². The van der Waals surface area contributed by atoms with E-state index in [2.05, 4.69) is 39.0 Å². The second-order valence-corrected chi connectivity index (χ2v) is 5.64. The molecule has 0 amide bonds. The fourth-order valence-corrected chi connectivity index (χ4v) is 2.62. The second kappa shape index (κ2) is 4.21. The monoisotopic (exact) mass is 217 g/mol. The lowest BCUT2D eigenvalue weighted by Gasteiger charge is -2.37. The molecule has 0 unspecified atom stereocenters. The molecule has 16 heavy (non-hydrogen) atoms. The highest BCUT2D eigenvalue weighted by atomic mass is 14.7. The fraction of sp³-hybridized carbons (Fsp3) is 0.600. The molecule has 0 bridgehead atoms. The van der Waals surface area contributed by atoms with E-state index in [0.717, 1.165) is 18.8 Å². The molecule has 1 aromatic carbocycles. The Kier molecular flexibility index (Phi) is 3.07. The zero-order valence-corrected chi connectivity index (χ0v) is 10.7. The summed E-state index contributed by atoms with van der Waals surface area (Å²) in [4.78, 5) is 0. The molecule has 0 atom stereocenters. The molecule has 2 rings (SSSR count). The summed E-state index contributed by atoms with van der Waals surface area (Å²) in [5.41, 5.74) is 10.6. The summed E-state index contributed by atoms with van der Waals surface area (Å²) in [5, 5.41) is 0. The summed E-state index contributed by atoms with van der Waals surface area (Å²) >= 11 is 0. The van der Waals surface area contributed by atoms with E-state index in [1.165, 1.54) is 29.5 Å². The van der Waals surface area contributed by atoms with Gasteiger partial charge >= 0.3 is 0 Å². The molecule has 0 spiro atoms. The minimum Gasteiger partial charge on any atom is -0.321 e. The van der Waals surface area contributed by atoms with Crippen molar-refractivity contribution >= 4 is 0 Å². The van der Waals surface area contributed by atoms with Crippen LogP contribution in [0.3, 0.4) is 0 Å². The molecule has 88 valence electrons. The summed E-state index contributed by atoms with van der Waals surface area (Å²) in [6.07, 6.45) is 4.81. The van der Waals surface area contributed by atoms with Crippen molar-refractivity contribution < 1.29 is 0 Å². The van der Waals surface area contributed by atoms with E-state index in [9.17, 15) is 0 Å². The minimum atomic E-state index is -0.0645. The average molecular weight is 217 g/mol. The largest absolute Gasteiger partial charge is 0.321 e. The molecule has 1 saturated carbocycles. The van der Waals surface area contributed by atoms with Gasteiger partial charge in [0.15, 0.2) is 0 Å². The Labute approximate surface area is 99.0 Å². The third-order valence-electron chi connectivity index (χ3n) is 4.25. The average Bonchev–Trinajstić information content (AvgIpc) is 2.26. The number of nitrogens with two attached hydrogens (primary N) is 1. The SMILES string of the molecule is Cc1ccc(C2(N)CCC(C)CC2)cc1C. The standard InChI is InChI=1S/C15H23N/c1-11-6-8-15(16,9-7-11)14-5-4-12(2)13(3)10-14/h4-5,10-11H,6-9,16H2,1-3H3. The lowest BCUT2D eigenvalue weighted by atomic mass is 9.73. The smallest absolute Gasteiger partial charge is 0.0409 e. The van der Waals surface area contributed by atoms with Gasteiger partial charge in [-0.1, -0.05) is 25.1 Å². The van der Waals surface area contributed by atoms with E-state index in [0.29, 0.717) is 0 Å². The predicted molar refractivity (Wildman–Crippen MR) is 69.4 cm³/mol. The summed E-state index contributed by atoms with van der Waals surface area (Å²) in [6.45, 7) is 6.67. The van der Waals surface area contributed by atoms with Gasteiger partial charge in [-0.15, -0.1) is 0 Å². The van der Waals surface area contributed by atoms with Crippen LogP contribution in [0.2, 0.25) is 0 Å². The van der Waals surface area contributed by atoms with Gasteiger partial charge in [-0.05, 0) is 62.1 Å². The third-order valence-corrected chi connectivity index (χ3v) is 4.25. The van der Waals surface area contributed by atoms with Crippen molar-refractivity contribution in [3.63, 3.8) is 0 Å². The van der Waals surface area contributed by atoms with Gasteiger partial charge < -0.3 is 5.73 Å². The van der Waals surface area contributed by atoms with Crippen LogP contribution in [0, 0.1) is 19.8 Å². The van der Waals surface area contributed by atoms with Gasteiger partial charge in [-0.25, -0.2) is 0 Å². The van der Waals surface area contributed by atoms with Crippen LogP contribution in [0.4, 0.5) is 0 Å². The lowest BCUT2D eigenvalue weighted by molar-refractivity contribution is 0.248. The summed E-state index contributed by atoms with van der Waals surface area (Å²) < 4.78 is 0. The molecule has 1 fully saturated rings. The van der Waals surface area contributed by atoms with Gasteiger partial charge in [-0.2, -0.15) is 0 Å². The third kappa shape index (κ3) is 2.15. The Hall–Kier alpha value is -0.820. The predicted octanol–water partition coefficient (Wildman–Crippen LogP) is 3.67. The van der Waals surface area contributed by atoms with Crippen LogP contribution in [-0.4, -0.2) is 0 Å². The first-order chi connectivity index (χ1) is 7.51. The van der Waals surface area contributed by atoms with Crippen molar-refractivity contribution in [1.29, 1.82) is 0 Å². The van der Waals surface area contributed by atoms with Crippen molar-refractivity contribution in [2.45, 2.75) is 52.0 Å². The number of hydrogen-bond donors (Lipinski definition) is 1. The summed E-state index contributed by atoms with van der Waals surface area (Å²) in [7, 11) is 0. The van der Waals surface area contributed by atoms with E-state index in [-0.39, 0.29) is 5.54 Å². The molecule has 1 aliphatic rings. The highest BCUT2D eigenvalue weighted by molar-refractivity contribution is 5.34. The highest BCUT2D eigenvalue weighted by Crippen LogP contribution is 2.37. The molecule has 0 heterocycles. The van der Waals surface area contributed by atoms with E-state index in [1.54, 1.807) is 0 Å². The van der Waals surface area contributed by atoms with Crippen molar-refractivity contribution in [1.82, 2.24) is 0 Å². The normalized spacial score (nSPS) is 30.4. The van der Waals surface area contributed by atoms with Crippen molar-refractivity contribution in [3.05, 3.63) is 34.9 Å². The first-order valence-electron chi connectivity index (χ1n) is 6.38. The van der Waals surface area contributed by atoms with E-state index in [1.807, 2.05) is 0 Å². The fourth-order valence-electron chi connectivity index (χ4n) is 2.62. The van der Waals surface area contributed by atoms with Crippen molar-refractivity contribution in [2.24, 2.45) is 11.7 Å². The van der Waals surface area contributed by atoms with Crippen LogP contribution in [0.1, 0.15) is 49.3 Å². The maximum atomic E-state index is 6.56.